The lowest BCUT2D eigenvalue weighted by atomic mass is 10.1. The van der Waals surface area contributed by atoms with Gasteiger partial charge in [-0.2, -0.15) is 13.2 Å². The molecule has 2 amide bonds. The molecule has 226 valence electrons. The van der Waals surface area contributed by atoms with E-state index in [4.69, 9.17) is 11.6 Å². The second kappa shape index (κ2) is 13.6. The second-order valence-electron chi connectivity index (χ2n) is 10.1. The minimum absolute atomic E-state index is 0.0579. The number of hydrogen-bond acceptors (Lipinski definition) is 4. The zero-order valence-electron chi connectivity index (χ0n) is 23.7. The third-order valence-corrected chi connectivity index (χ3v) is 8.63. The van der Waals surface area contributed by atoms with Crippen LogP contribution in [0.5, 0.6) is 0 Å². The summed E-state index contributed by atoms with van der Waals surface area (Å²) in [6, 6.07) is 16.3. The predicted molar refractivity (Wildman–Crippen MR) is 157 cm³/mol. The van der Waals surface area contributed by atoms with Gasteiger partial charge in [-0.05, 0) is 70.0 Å². The Morgan fingerprint density at radius 3 is 2.14 bits per heavy atom. The summed E-state index contributed by atoms with van der Waals surface area (Å²) in [5.41, 5.74) is -0.00490. The van der Waals surface area contributed by atoms with Crippen LogP contribution in [0.4, 0.5) is 18.9 Å². The number of aryl methyl sites for hydroxylation is 1. The van der Waals surface area contributed by atoms with Crippen molar-refractivity contribution in [2.75, 3.05) is 17.4 Å². The molecular weight excluding hydrogens is 591 g/mol. The number of benzene rings is 3. The van der Waals surface area contributed by atoms with Crippen LogP contribution in [0.25, 0.3) is 0 Å². The van der Waals surface area contributed by atoms with Crippen LogP contribution >= 0.6 is 11.6 Å². The Hall–Kier alpha value is -3.57. The molecule has 42 heavy (non-hydrogen) atoms. The topological polar surface area (TPSA) is 86.8 Å². The maximum atomic E-state index is 13.9. The van der Waals surface area contributed by atoms with Crippen molar-refractivity contribution >= 4 is 39.1 Å². The summed E-state index contributed by atoms with van der Waals surface area (Å²) in [4.78, 5) is 27.8. The summed E-state index contributed by atoms with van der Waals surface area (Å²) < 4.78 is 69.5. The lowest BCUT2D eigenvalue weighted by molar-refractivity contribution is -0.139. The minimum atomic E-state index is -4.87. The molecule has 3 aromatic carbocycles. The molecule has 1 atom stereocenters. The van der Waals surface area contributed by atoms with Gasteiger partial charge in [-0.1, -0.05) is 59.6 Å². The SMILES string of the molecule is Cc1ccc(S(=O)(=O)N(CC(=O)N(CCc2ccccc2)C(C)C(=O)NC(C)C)c2ccc(Cl)c(C(F)(F)F)c2)cc1. The number of anilines is 1. The minimum Gasteiger partial charge on any atom is -0.352 e. The van der Waals surface area contributed by atoms with Gasteiger partial charge in [0.25, 0.3) is 10.0 Å². The summed E-state index contributed by atoms with van der Waals surface area (Å²) >= 11 is 5.80. The molecule has 0 aromatic heterocycles. The number of hydrogen-bond donors (Lipinski definition) is 1. The molecule has 0 saturated heterocycles. The van der Waals surface area contributed by atoms with Crippen molar-refractivity contribution in [1.29, 1.82) is 0 Å². The summed E-state index contributed by atoms with van der Waals surface area (Å²) in [6.45, 7) is 5.99. The first-order valence-electron chi connectivity index (χ1n) is 13.2. The molecule has 12 heteroatoms. The third kappa shape index (κ3) is 8.25. The Bertz CT molecular complexity index is 1500. The molecule has 3 aromatic rings. The van der Waals surface area contributed by atoms with Crippen molar-refractivity contribution in [2.24, 2.45) is 0 Å². The number of halogens is 4. The van der Waals surface area contributed by atoms with E-state index in [-0.39, 0.29) is 17.5 Å². The molecule has 0 fully saturated rings. The van der Waals surface area contributed by atoms with Gasteiger partial charge in [0.2, 0.25) is 11.8 Å². The Kier molecular flexibility index (Phi) is 10.7. The molecule has 0 aliphatic heterocycles. The average molecular weight is 624 g/mol. The van der Waals surface area contributed by atoms with Crippen LogP contribution in [0.1, 0.15) is 37.5 Å². The van der Waals surface area contributed by atoms with Crippen molar-refractivity contribution in [3.8, 4) is 0 Å². The fourth-order valence-corrected chi connectivity index (χ4v) is 5.86. The highest BCUT2D eigenvalue weighted by molar-refractivity contribution is 7.92. The van der Waals surface area contributed by atoms with E-state index in [0.29, 0.717) is 16.8 Å². The van der Waals surface area contributed by atoms with E-state index in [1.807, 2.05) is 30.3 Å². The van der Waals surface area contributed by atoms with Crippen LogP contribution in [0.3, 0.4) is 0 Å². The van der Waals surface area contributed by atoms with Gasteiger partial charge in [0.1, 0.15) is 12.6 Å². The Balaban J connectivity index is 2.07. The quantitative estimate of drug-likeness (QED) is 0.291. The fourth-order valence-electron chi connectivity index (χ4n) is 4.23. The monoisotopic (exact) mass is 623 g/mol. The van der Waals surface area contributed by atoms with Gasteiger partial charge in [-0.25, -0.2) is 8.42 Å². The molecule has 1 N–H and O–H groups in total. The van der Waals surface area contributed by atoms with Crippen molar-refractivity contribution in [3.05, 3.63) is 94.5 Å². The van der Waals surface area contributed by atoms with Crippen LogP contribution in [-0.4, -0.2) is 50.3 Å². The highest BCUT2D eigenvalue weighted by atomic mass is 35.5. The molecule has 0 spiro atoms. The zero-order valence-corrected chi connectivity index (χ0v) is 25.2. The van der Waals surface area contributed by atoms with Crippen molar-refractivity contribution in [3.63, 3.8) is 0 Å². The molecule has 7 nitrogen and oxygen atoms in total. The number of nitrogens with zero attached hydrogens (tertiary/aromatic N) is 2. The molecule has 0 aliphatic carbocycles. The fraction of sp³-hybridized carbons (Fsp3) is 0.333. The lowest BCUT2D eigenvalue weighted by Crippen LogP contribution is -2.53. The number of alkyl halides is 3. The van der Waals surface area contributed by atoms with Crippen LogP contribution in [-0.2, 0) is 32.2 Å². The van der Waals surface area contributed by atoms with Gasteiger partial charge in [-0.3, -0.25) is 13.9 Å². The van der Waals surface area contributed by atoms with E-state index in [1.54, 1.807) is 32.9 Å². The smallest absolute Gasteiger partial charge is 0.352 e. The Morgan fingerprint density at radius 2 is 1.57 bits per heavy atom. The van der Waals surface area contributed by atoms with Gasteiger partial charge in [-0.15, -0.1) is 0 Å². The van der Waals surface area contributed by atoms with Crippen LogP contribution in [0.2, 0.25) is 5.02 Å². The largest absolute Gasteiger partial charge is 0.417 e. The number of nitrogens with one attached hydrogen (secondary N) is 1. The number of carbonyl (C=O) groups excluding carboxylic acids is 2. The van der Waals surface area contributed by atoms with E-state index in [0.717, 1.165) is 23.3 Å². The van der Waals surface area contributed by atoms with Crippen molar-refractivity contribution < 1.29 is 31.2 Å². The Morgan fingerprint density at radius 1 is 0.952 bits per heavy atom. The second-order valence-corrected chi connectivity index (χ2v) is 12.4. The van der Waals surface area contributed by atoms with E-state index in [2.05, 4.69) is 5.32 Å². The first-order valence-corrected chi connectivity index (χ1v) is 15.0. The molecule has 1 unspecified atom stereocenters. The highest BCUT2D eigenvalue weighted by Gasteiger charge is 2.37. The summed E-state index contributed by atoms with van der Waals surface area (Å²) in [5, 5.41) is 2.13. The maximum Gasteiger partial charge on any atom is 0.417 e. The van der Waals surface area contributed by atoms with Gasteiger partial charge < -0.3 is 10.2 Å². The van der Waals surface area contributed by atoms with Crippen LogP contribution in [0, 0.1) is 6.92 Å². The van der Waals surface area contributed by atoms with Gasteiger partial charge in [0, 0.05) is 12.6 Å². The molecule has 3 rings (SSSR count). The van der Waals surface area contributed by atoms with Gasteiger partial charge in [0.15, 0.2) is 0 Å². The van der Waals surface area contributed by atoms with Crippen LogP contribution < -0.4 is 9.62 Å². The number of carbonyl (C=O) groups is 2. The molecular formula is C30H33ClF3N3O4S. The number of sulfonamides is 1. The molecule has 0 heterocycles. The summed E-state index contributed by atoms with van der Waals surface area (Å²) in [5.74, 6) is -1.22. The van der Waals surface area contributed by atoms with Gasteiger partial charge >= 0.3 is 6.18 Å². The van der Waals surface area contributed by atoms with Crippen molar-refractivity contribution in [2.45, 2.75) is 57.3 Å². The normalized spacial score (nSPS) is 12.6. The van der Waals surface area contributed by atoms with E-state index in [1.165, 1.54) is 24.0 Å². The molecule has 0 bridgehead atoms. The average Bonchev–Trinajstić information content (AvgIpc) is 2.92. The van der Waals surface area contributed by atoms with E-state index >= 15 is 0 Å². The highest BCUT2D eigenvalue weighted by Crippen LogP contribution is 2.38. The standard InChI is InChI=1S/C30H33ClF3N3O4S/c1-20(2)35-29(39)22(4)36(17-16-23-8-6-5-7-9-23)28(38)19-37(42(40,41)25-13-10-21(3)11-14-25)24-12-15-27(31)26(18-24)30(32,33)34/h5-15,18,20,22H,16-17,19H2,1-4H3,(H,35,39). The summed E-state index contributed by atoms with van der Waals surface area (Å²) in [6.07, 6.45) is -4.52. The molecule has 0 radical (unpaired) electrons. The van der Waals surface area contributed by atoms with Crippen LogP contribution in [0.15, 0.2) is 77.7 Å². The predicted octanol–water partition coefficient (Wildman–Crippen LogP) is 5.85. The number of amides is 2. The zero-order chi connectivity index (χ0) is 31.2. The maximum absolute atomic E-state index is 13.9. The molecule has 0 aliphatic rings. The van der Waals surface area contributed by atoms with Gasteiger partial charge in [0.05, 0.1) is 21.2 Å². The first kappa shape index (κ1) is 32.9. The lowest BCUT2D eigenvalue weighted by Gasteiger charge is -2.32. The van der Waals surface area contributed by atoms with E-state index < -0.39 is 56.9 Å². The molecule has 0 saturated carbocycles. The number of rotatable bonds is 11. The summed E-state index contributed by atoms with van der Waals surface area (Å²) in [7, 11) is -4.53. The first-order chi connectivity index (χ1) is 19.6. The Labute approximate surface area is 249 Å². The van der Waals surface area contributed by atoms with E-state index in [9.17, 15) is 31.2 Å². The van der Waals surface area contributed by atoms with Crippen molar-refractivity contribution in [1.82, 2.24) is 10.2 Å². The third-order valence-electron chi connectivity index (χ3n) is 6.51.